The van der Waals surface area contributed by atoms with Gasteiger partial charge in [-0.05, 0) is 55.0 Å². The Morgan fingerprint density at radius 3 is 2.34 bits per heavy atom. The number of ether oxygens (including phenoxy) is 1. The average Bonchev–Trinajstić information content (AvgIpc) is 3.35. The first kappa shape index (κ1) is 26.7. The van der Waals surface area contributed by atoms with Gasteiger partial charge in [0.05, 0.1) is 17.5 Å². The van der Waals surface area contributed by atoms with Gasteiger partial charge in [0.1, 0.15) is 13.2 Å². The molecule has 1 N–H and O–H groups in total. The summed E-state index contributed by atoms with van der Waals surface area (Å²) in [6.45, 7) is 0.937. The first-order chi connectivity index (χ1) is 18.3. The van der Waals surface area contributed by atoms with Crippen LogP contribution in [0.25, 0.3) is 0 Å². The number of aliphatic imine (C=N–C) groups is 1. The van der Waals surface area contributed by atoms with Crippen molar-refractivity contribution in [1.82, 2.24) is 0 Å². The van der Waals surface area contributed by atoms with E-state index in [-0.39, 0.29) is 22.8 Å². The summed E-state index contributed by atoms with van der Waals surface area (Å²) in [5.41, 5.74) is 3.28. The van der Waals surface area contributed by atoms with Crippen LogP contribution in [0.4, 0.5) is 11.4 Å². The number of carbonyl (C=O) groups excluding carboxylic acids is 1. The fourth-order valence-electron chi connectivity index (χ4n) is 5.40. The second-order valence-electron chi connectivity index (χ2n) is 9.98. The molecule has 3 heterocycles. The second kappa shape index (κ2) is 11.5. The molecule has 3 aliphatic heterocycles. The van der Waals surface area contributed by atoms with Crippen molar-refractivity contribution in [1.29, 1.82) is 0 Å². The number of fused-ring (bicyclic) bond motifs is 1. The Morgan fingerprint density at radius 2 is 1.66 bits per heavy atom. The SMILES string of the molecule is O=C(O)COCC(=O)N=C1S[C@@H]2CS(=O)(=O)C[C@@H]2N1c1ccc(N2CCC(Cc3ccccc3)CC2)cc1. The second-order valence-corrected chi connectivity index (χ2v) is 13.3. The number of benzene rings is 2. The van der Waals surface area contributed by atoms with Gasteiger partial charge in [-0.2, -0.15) is 4.99 Å². The maximum absolute atomic E-state index is 12.3. The number of carbonyl (C=O) groups is 2. The number of sulfone groups is 1. The highest BCUT2D eigenvalue weighted by Crippen LogP contribution is 2.41. The standard InChI is InChI=1S/C27H31N3O6S2/c31-25(15-36-16-26(32)33)28-27-30(23-17-38(34,35)18-24(23)37-27)22-8-6-21(7-9-22)29-12-10-20(11-13-29)14-19-4-2-1-3-5-19/h1-9,20,23-24H,10-18H2,(H,32,33)/t23-,24+/m0/s1. The lowest BCUT2D eigenvalue weighted by atomic mass is 9.90. The van der Waals surface area contributed by atoms with Gasteiger partial charge < -0.3 is 19.6 Å². The molecule has 9 nitrogen and oxygen atoms in total. The van der Waals surface area contributed by atoms with Gasteiger partial charge in [-0.3, -0.25) is 4.79 Å². The maximum Gasteiger partial charge on any atom is 0.329 e. The molecule has 11 heteroatoms. The monoisotopic (exact) mass is 557 g/mol. The van der Waals surface area contributed by atoms with Crippen molar-refractivity contribution in [3.8, 4) is 0 Å². The molecule has 0 saturated carbocycles. The summed E-state index contributed by atoms with van der Waals surface area (Å²) < 4.78 is 29.5. The van der Waals surface area contributed by atoms with Crippen LogP contribution in [0.2, 0.25) is 0 Å². The van der Waals surface area contributed by atoms with E-state index in [9.17, 15) is 18.0 Å². The number of hydrogen-bond donors (Lipinski definition) is 1. The normalized spacial score (nSPS) is 24.1. The predicted octanol–water partition coefficient (Wildman–Crippen LogP) is 2.85. The van der Waals surface area contributed by atoms with Crippen LogP contribution in [0.3, 0.4) is 0 Å². The minimum atomic E-state index is -3.18. The van der Waals surface area contributed by atoms with Gasteiger partial charge in [0.2, 0.25) is 0 Å². The van der Waals surface area contributed by atoms with Crippen LogP contribution < -0.4 is 9.80 Å². The molecule has 1 amide bonds. The Hall–Kier alpha value is -2.89. The number of hydrogen-bond acceptors (Lipinski definition) is 7. The average molecular weight is 558 g/mol. The fourth-order valence-corrected chi connectivity index (χ4v) is 9.33. The molecule has 0 aromatic heterocycles. The molecule has 0 aliphatic carbocycles. The van der Waals surface area contributed by atoms with Crippen LogP contribution >= 0.6 is 11.8 Å². The summed E-state index contributed by atoms with van der Waals surface area (Å²) in [5, 5.41) is 8.92. The smallest absolute Gasteiger partial charge is 0.329 e. The number of anilines is 2. The number of amides is 1. The Bertz CT molecular complexity index is 1290. The van der Waals surface area contributed by atoms with E-state index in [4.69, 9.17) is 9.84 Å². The van der Waals surface area contributed by atoms with Crippen molar-refractivity contribution in [3.63, 3.8) is 0 Å². The predicted molar refractivity (Wildman–Crippen MR) is 149 cm³/mol. The van der Waals surface area contributed by atoms with Gasteiger partial charge in [0.25, 0.3) is 5.91 Å². The van der Waals surface area contributed by atoms with Crippen LogP contribution in [-0.4, -0.2) is 79.7 Å². The van der Waals surface area contributed by atoms with Crippen LogP contribution in [0.15, 0.2) is 59.6 Å². The minimum Gasteiger partial charge on any atom is -0.480 e. The van der Waals surface area contributed by atoms with E-state index >= 15 is 0 Å². The number of piperidine rings is 1. The van der Waals surface area contributed by atoms with Crippen LogP contribution in [-0.2, 0) is 30.6 Å². The van der Waals surface area contributed by atoms with E-state index in [0.29, 0.717) is 11.1 Å². The molecule has 2 aromatic rings. The van der Waals surface area contributed by atoms with Gasteiger partial charge in [-0.15, -0.1) is 0 Å². The summed E-state index contributed by atoms with van der Waals surface area (Å²) in [4.78, 5) is 31.4. The molecule has 2 aromatic carbocycles. The lowest BCUT2D eigenvalue weighted by Gasteiger charge is -2.34. The van der Waals surface area contributed by atoms with Crippen molar-refractivity contribution in [2.45, 2.75) is 30.6 Å². The molecule has 3 saturated heterocycles. The zero-order valence-corrected chi connectivity index (χ0v) is 22.6. The van der Waals surface area contributed by atoms with Crippen molar-refractivity contribution in [2.24, 2.45) is 10.9 Å². The summed E-state index contributed by atoms with van der Waals surface area (Å²) in [6, 6.07) is 18.3. The zero-order valence-electron chi connectivity index (χ0n) is 20.9. The van der Waals surface area contributed by atoms with E-state index in [0.717, 1.165) is 43.7 Å². The highest BCUT2D eigenvalue weighted by molar-refractivity contribution is 8.16. The molecule has 2 atom stereocenters. The largest absolute Gasteiger partial charge is 0.480 e. The van der Waals surface area contributed by atoms with E-state index < -0.39 is 34.9 Å². The third-order valence-electron chi connectivity index (χ3n) is 7.21. The fraction of sp³-hybridized carbons (Fsp3) is 0.444. The van der Waals surface area contributed by atoms with E-state index in [1.165, 1.54) is 17.3 Å². The first-order valence-corrected chi connectivity index (χ1v) is 15.4. The van der Waals surface area contributed by atoms with Gasteiger partial charge in [0, 0.05) is 29.7 Å². The third kappa shape index (κ3) is 6.39. The Balaban J connectivity index is 1.26. The number of nitrogens with zero attached hydrogens (tertiary/aromatic N) is 3. The van der Waals surface area contributed by atoms with Gasteiger partial charge in [-0.25, -0.2) is 13.2 Å². The Labute approximate surface area is 226 Å². The maximum atomic E-state index is 12.3. The minimum absolute atomic E-state index is 0.00404. The quantitative estimate of drug-likeness (QED) is 0.523. The van der Waals surface area contributed by atoms with Crippen molar-refractivity contribution >= 4 is 50.0 Å². The van der Waals surface area contributed by atoms with Crippen molar-refractivity contribution in [2.75, 3.05) is 47.6 Å². The highest BCUT2D eigenvalue weighted by Gasteiger charge is 2.49. The molecule has 202 valence electrons. The molecule has 0 radical (unpaired) electrons. The van der Waals surface area contributed by atoms with E-state index in [1.807, 2.05) is 35.2 Å². The molecule has 3 aliphatic rings. The molecule has 3 fully saturated rings. The first-order valence-electron chi connectivity index (χ1n) is 12.7. The van der Waals surface area contributed by atoms with Gasteiger partial charge in [-0.1, -0.05) is 42.1 Å². The van der Waals surface area contributed by atoms with Gasteiger partial charge >= 0.3 is 5.97 Å². The van der Waals surface area contributed by atoms with Crippen LogP contribution in [0.1, 0.15) is 18.4 Å². The number of rotatable bonds is 8. The van der Waals surface area contributed by atoms with Gasteiger partial charge in [0.15, 0.2) is 15.0 Å². The topological polar surface area (TPSA) is 117 Å². The van der Waals surface area contributed by atoms with E-state index in [2.05, 4.69) is 34.2 Å². The highest BCUT2D eigenvalue weighted by atomic mass is 32.2. The summed E-state index contributed by atoms with van der Waals surface area (Å²) in [7, 11) is -3.18. The number of carboxylic acid groups (broad SMARTS) is 1. The molecular formula is C27H31N3O6S2. The Kier molecular flexibility index (Phi) is 8.06. The summed E-state index contributed by atoms with van der Waals surface area (Å²) in [5.74, 6) is -1.05. The summed E-state index contributed by atoms with van der Waals surface area (Å²) >= 11 is 1.28. The van der Waals surface area contributed by atoms with E-state index in [1.54, 1.807) is 0 Å². The van der Waals surface area contributed by atoms with Crippen LogP contribution in [0.5, 0.6) is 0 Å². The summed E-state index contributed by atoms with van der Waals surface area (Å²) in [6.07, 6.45) is 3.36. The molecule has 0 spiro atoms. The number of amidine groups is 1. The van der Waals surface area contributed by atoms with Crippen molar-refractivity contribution in [3.05, 3.63) is 60.2 Å². The number of aliphatic carboxylic acids is 1. The lowest BCUT2D eigenvalue weighted by Crippen LogP contribution is -2.38. The number of carboxylic acids is 1. The number of thioether (sulfide) groups is 1. The van der Waals surface area contributed by atoms with Crippen LogP contribution in [0, 0.1) is 5.92 Å². The molecule has 5 rings (SSSR count). The molecular weight excluding hydrogens is 526 g/mol. The lowest BCUT2D eigenvalue weighted by molar-refractivity contribution is -0.143. The van der Waals surface area contributed by atoms with Crippen molar-refractivity contribution < 1.29 is 27.9 Å². The molecule has 0 bridgehead atoms. The third-order valence-corrected chi connectivity index (χ3v) is 10.4. The molecule has 0 unspecified atom stereocenters. The molecule has 38 heavy (non-hydrogen) atoms. The zero-order chi connectivity index (χ0) is 26.7. The Morgan fingerprint density at radius 1 is 0.974 bits per heavy atom.